The van der Waals surface area contributed by atoms with Gasteiger partial charge >= 0.3 is 5.97 Å². The number of benzene rings is 3. The van der Waals surface area contributed by atoms with Crippen molar-refractivity contribution >= 4 is 5.97 Å². The van der Waals surface area contributed by atoms with E-state index < -0.39 is 0 Å². The lowest BCUT2D eigenvalue weighted by molar-refractivity contribution is -0.143. The molecule has 0 aromatic heterocycles. The Labute approximate surface area is 190 Å². The van der Waals surface area contributed by atoms with Crippen LogP contribution in [-0.2, 0) is 35.4 Å². The molecular formula is C28H31FO3. The van der Waals surface area contributed by atoms with E-state index in [0.717, 1.165) is 18.4 Å². The molecule has 0 N–H and O–H groups in total. The SMILES string of the molecule is CCOC(=O)CCc1ccc(OCc2cccc(-c3c(CC)cccc3CC)c2)cc1F. The molecule has 0 atom stereocenters. The fraction of sp³-hybridized carbons (Fsp3) is 0.321. The Hall–Kier alpha value is -3.14. The summed E-state index contributed by atoms with van der Waals surface area (Å²) in [6, 6.07) is 19.6. The van der Waals surface area contributed by atoms with Crippen molar-refractivity contribution in [3.8, 4) is 16.9 Å². The van der Waals surface area contributed by atoms with E-state index in [1.54, 1.807) is 19.1 Å². The van der Waals surface area contributed by atoms with Crippen LogP contribution in [0.3, 0.4) is 0 Å². The molecule has 0 fully saturated rings. The maximum Gasteiger partial charge on any atom is 0.306 e. The first-order chi connectivity index (χ1) is 15.5. The summed E-state index contributed by atoms with van der Waals surface area (Å²) in [5.41, 5.74) is 6.67. The number of rotatable bonds is 10. The van der Waals surface area contributed by atoms with Crippen molar-refractivity contribution in [1.82, 2.24) is 0 Å². The number of hydrogen-bond donors (Lipinski definition) is 0. The fourth-order valence-corrected chi connectivity index (χ4v) is 3.89. The number of carbonyl (C=O) groups excluding carboxylic acids is 1. The monoisotopic (exact) mass is 434 g/mol. The second-order valence-electron chi connectivity index (χ2n) is 7.71. The first kappa shape index (κ1) is 23.5. The lowest BCUT2D eigenvalue weighted by atomic mass is 9.91. The van der Waals surface area contributed by atoms with Gasteiger partial charge in [-0.1, -0.05) is 56.3 Å². The summed E-state index contributed by atoms with van der Waals surface area (Å²) in [6.45, 7) is 6.79. The van der Waals surface area contributed by atoms with E-state index >= 15 is 0 Å². The molecule has 3 rings (SSSR count). The van der Waals surface area contributed by atoms with E-state index in [2.05, 4.69) is 44.2 Å². The highest BCUT2D eigenvalue weighted by atomic mass is 19.1. The minimum atomic E-state index is -0.370. The van der Waals surface area contributed by atoms with Crippen LogP contribution in [0.1, 0.15) is 49.4 Å². The second kappa shape index (κ2) is 11.5. The molecule has 0 heterocycles. The maximum atomic E-state index is 14.4. The fourth-order valence-electron chi connectivity index (χ4n) is 3.89. The van der Waals surface area contributed by atoms with Crippen LogP contribution in [0.15, 0.2) is 60.7 Å². The number of aryl methyl sites for hydroxylation is 3. The highest BCUT2D eigenvalue weighted by Gasteiger charge is 2.11. The van der Waals surface area contributed by atoms with Crippen LogP contribution in [-0.4, -0.2) is 12.6 Å². The predicted molar refractivity (Wildman–Crippen MR) is 126 cm³/mol. The van der Waals surface area contributed by atoms with Gasteiger partial charge in [-0.05, 0) is 71.7 Å². The van der Waals surface area contributed by atoms with E-state index in [0.29, 0.717) is 30.9 Å². The largest absolute Gasteiger partial charge is 0.489 e. The van der Waals surface area contributed by atoms with Gasteiger partial charge in [0.15, 0.2) is 0 Å². The zero-order chi connectivity index (χ0) is 22.9. The molecule has 168 valence electrons. The average Bonchev–Trinajstić information content (AvgIpc) is 2.82. The van der Waals surface area contributed by atoms with Crippen LogP contribution < -0.4 is 4.74 Å². The Morgan fingerprint density at radius 2 is 1.59 bits per heavy atom. The molecule has 32 heavy (non-hydrogen) atoms. The maximum absolute atomic E-state index is 14.4. The second-order valence-corrected chi connectivity index (χ2v) is 7.71. The normalized spacial score (nSPS) is 10.8. The van der Waals surface area contributed by atoms with Crippen LogP contribution in [0.4, 0.5) is 4.39 Å². The molecule has 3 aromatic carbocycles. The molecule has 3 aromatic rings. The lowest BCUT2D eigenvalue weighted by Gasteiger charge is -2.15. The molecule has 0 aliphatic rings. The molecule has 0 amide bonds. The zero-order valence-electron chi connectivity index (χ0n) is 19.1. The van der Waals surface area contributed by atoms with Crippen LogP contribution in [0, 0.1) is 5.82 Å². The van der Waals surface area contributed by atoms with Crippen LogP contribution in [0.25, 0.3) is 11.1 Å². The summed E-state index contributed by atoms with van der Waals surface area (Å²) in [5, 5.41) is 0. The number of hydrogen-bond acceptors (Lipinski definition) is 3. The van der Waals surface area contributed by atoms with Gasteiger partial charge in [0.1, 0.15) is 18.2 Å². The van der Waals surface area contributed by atoms with Gasteiger partial charge in [0, 0.05) is 12.5 Å². The summed E-state index contributed by atoms with van der Waals surface area (Å²) >= 11 is 0. The van der Waals surface area contributed by atoms with Crippen molar-refractivity contribution in [2.45, 2.75) is 53.1 Å². The Bertz CT molecular complexity index is 1040. The first-order valence-corrected chi connectivity index (χ1v) is 11.3. The third-order valence-electron chi connectivity index (χ3n) is 5.55. The molecule has 0 radical (unpaired) electrons. The third-order valence-corrected chi connectivity index (χ3v) is 5.55. The highest BCUT2D eigenvalue weighted by molar-refractivity contribution is 5.72. The molecule has 0 saturated carbocycles. The van der Waals surface area contributed by atoms with Crippen LogP contribution >= 0.6 is 0 Å². The Morgan fingerprint density at radius 1 is 0.875 bits per heavy atom. The zero-order valence-corrected chi connectivity index (χ0v) is 19.1. The third kappa shape index (κ3) is 5.97. The standard InChI is InChI=1S/C28H31FO3/c1-4-21-10-8-11-22(5-2)28(21)24-12-7-9-20(17-24)19-32-25-15-13-23(26(29)18-25)14-16-27(30)31-6-3/h7-13,15,17-18H,4-6,14,16,19H2,1-3H3. The quantitative estimate of drug-likeness (QED) is 0.333. The summed E-state index contributed by atoms with van der Waals surface area (Å²) < 4.78 is 25.2. The van der Waals surface area contributed by atoms with Gasteiger partial charge in [-0.2, -0.15) is 0 Å². The molecule has 0 unspecified atom stereocenters. The summed E-state index contributed by atoms with van der Waals surface area (Å²) in [5.74, 6) is -0.219. The Kier molecular flexibility index (Phi) is 8.43. The Morgan fingerprint density at radius 3 is 2.25 bits per heavy atom. The van der Waals surface area contributed by atoms with Crippen LogP contribution in [0.2, 0.25) is 0 Å². The first-order valence-electron chi connectivity index (χ1n) is 11.3. The number of carbonyl (C=O) groups is 1. The minimum absolute atomic E-state index is 0.163. The summed E-state index contributed by atoms with van der Waals surface area (Å²) in [7, 11) is 0. The van der Waals surface area contributed by atoms with Crippen molar-refractivity contribution in [2.24, 2.45) is 0 Å². The van der Waals surface area contributed by atoms with Crippen molar-refractivity contribution < 1.29 is 18.7 Å². The van der Waals surface area contributed by atoms with Gasteiger partial charge in [0.2, 0.25) is 0 Å². The van der Waals surface area contributed by atoms with Gasteiger partial charge in [0.05, 0.1) is 6.61 Å². The lowest BCUT2D eigenvalue weighted by Crippen LogP contribution is -2.06. The van der Waals surface area contributed by atoms with E-state index in [4.69, 9.17) is 9.47 Å². The van der Waals surface area contributed by atoms with Gasteiger partial charge < -0.3 is 9.47 Å². The van der Waals surface area contributed by atoms with E-state index in [-0.39, 0.29) is 18.2 Å². The molecule has 0 saturated heterocycles. The average molecular weight is 435 g/mol. The summed E-state index contributed by atoms with van der Waals surface area (Å²) in [6.07, 6.45) is 2.43. The minimum Gasteiger partial charge on any atom is -0.489 e. The molecule has 0 bridgehead atoms. The van der Waals surface area contributed by atoms with E-state index in [9.17, 15) is 9.18 Å². The van der Waals surface area contributed by atoms with Gasteiger partial charge in [-0.3, -0.25) is 4.79 Å². The molecule has 4 heteroatoms. The van der Waals surface area contributed by atoms with E-state index in [1.807, 2.05) is 12.1 Å². The van der Waals surface area contributed by atoms with Gasteiger partial charge in [-0.15, -0.1) is 0 Å². The molecular weight excluding hydrogens is 403 g/mol. The van der Waals surface area contributed by atoms with E-state index in [1.165, 1.54) is 28.3 Å². The van der Waals surface area contributed by atoms with Gasteiger partial charge in [-0.25, -0.2) is 4.39 Å². The van der Waals surface area contributed by atoms with Gasteiger partial charge in [0.25, 0.3) is 0 Å². The summed E-state index contributed by atoms with van der Waals surface area (Å²) in [4.78, 5) is 11.5. The van der Waals surface area contributed by atoms with Crippen molar-refractivity contribution in [2.75, 3.05) is 6.61 Å². The van der Waals surface area contributed by atoms with Crippen molar-refractivity contribution in [3.63, 3.8) is 0 Å². The molecule has 0 spiro atoms. The predicted octanol–water partition coefficient (Wildman–Crippen LogP) is 6.69. The number of ether oxygens (including phenoxy) is 2. The highest BCUT2D eigenvalue weighted by Crippen LogP contribution is 2.30. The smallest absolute Gasteiger partial charge is 0.306 e. The molecule has 3 nitrogen and oxygen atoms in total. The topological polar surface area (TPSA) is 35.5 Å². The van der Waals surface area contributed by atoms with Crippen molar-refractivity contribution in [3.05, 3.63) is 88.7 Å². The van der Waals surface area contributed by atoms with Crippen molar-refractivity contribution in [1.29, 1.82) is 0 Å². The number of halogens is 1. The number of esters is 1. The Balaban J connectivity index is 1.70. The molecule has 0 aliphatic heterocycles. The molecule has 0 aliphatic carbocycles. The van der Waals surface area contributed by atoms with Crippen LogP contribution in [0.5, 0.6) is 5.75 Å².